The van der Waals surface area contributed by atoms with Gasteiger partial charge in [0, 0.05) is 13.1 Å². The molecule has 116 valence electrons. The Kier molecular flexibility index (Phi) is 5.59. The van der Waals surface area contributed by atoms with Gasteiger partial charge < -0.3 is 10.2 Å². The fourth-order valence-electron chi connectivity index (χ4n) is 2.81. The van der Waals surface area contributed by atoms with Crippen LogP contribution in [0.25, 0.3) is 0 Å². The zero-order chi connectivity index (χ0) is 15.4. The van der Waals surface area contributed by atoms with E-state index >= 15 is 0 Å². The van der Waals surface area contributed by atoms with Crippen molar-refractivity contribution in [1.29, 1.82) is 0 Å². The first-order chi connectivity index (χ1) is 10.0. The second-order valence-corrected chi connectivity index (χ2v) is 6.14. The lowest BCUT2D eigenvalue weighted by molar-refractivity contribution is 0.0668. The van der Waals surface area contributed by atoms with Gasteiger partial charge in [0.05, 0.1) is 10.6 Å². The average Bonchev–Trinajstić information content (AvgIpc) is 2.48. The van der Waals surface area contributed by atoms with Gasteiger partial charge >= 0.3 is 0 Å². The second-order valence-electron chi connectivity index (χ2n) is 5.73. The molecule has 1 N–H and O–H groups in total. The van der Waals surface area contributed by atoms with E-state index in [1.54, 1.807) is 11.8 Å². The maximum atomic E-state index is 13.7. The van der Waals surface area contributed by atoms with E-state index in [1.165, 1.54) is 12.1 Å². The van der Waals surface area contributed by atoms with E-state index in [0.717, 1.165) is 38.9 Å². The highest BCUT2D eigenvalue weighted by molar-refractivity contribution is 6.33. The summed E-state index contributed by atoms with van der Waals surface area (Å²) in [5.41, 5.74) is 0.733. The third-order valence-corrected chi connectivity index (χ3v) is 4.40. The van der Waals surface area contributed by atoms with Gasteiger partial charge in [-0.1, -0.05) is 11.6 Å². The van der Waals surface area contributed by atoms with Crippen LogP contribution in [0.5, 0.6) is 0 Å². The van der Waals surface area contributed by atoms with E-state index in [-0.39, 0.29) is 17.3 Å². The van der Waals surface area contributed by atoms with Crippen molar-refractivity contribution in [1.82, 2.24) is 10.2 Å². The SMILES string of the molecule is CNCCC1CCCN(C(=O)c2cc(F)c(C)cc2Cl)C1. The lowest BCUT2D eigenvalue weighted by atomic mass is 9.94. The standard InChI is InChI=1S/C16H22ClFN2O/c1-11-8-14(17)13(9-15(11)18)16(21)20-7-3-4-12(10-20)5-6-19-2/h8-9,12,19H,3-7,10H2,1-2H3. The van der Waals surface area contributed by atoms with E-state index in [0.29, 0.717) is 16.5 Å². The normalized spacial score (nSPS) is 18.9. The van der Waals surface area contributed by atoms with Crippen LogP contribution >= 0.6 is 11.6 Å². The number of amides is 1. The van der Waals surface area contributed by atoms with E-state index in [4.69, 9.17) is 11.6 Å². The zero-order valence-electron chi connectivity index (χ0n) is 12.6. The fraction of sp³-hybridized carbons (Fsp3) is 0.562. The molecule has 1 aromatic rings. The van der Waals surface area contributed by atoms with Crippen molar-refractivity contribution in [3.05, 3.63) is 34.1 Å². The van der Waals surface area contributed by atoms with Crippen LogP contribution < -0.4 is 5.32 Å². The molecular weight excluding hydrogens is 291 g/mol. The number of hydrogen-bond acceptors (Lipinski definition) is 2. The lowest BCUT2D eigenvalue weighted by Gasteiger charge is -2.33. The van der Waals surface area contributed by atoms with Gasteiger partial charge in [0.25, 0.3) is 5.91 Å². The summed E-state index contributed by atoms with van der Waals surface area (Å²) in [6, 6.07) is 2.78. The second kappa shape index (κ2) is 7.23. The molecule has 0 saturated carbocycles. The quantitative estimate of drug-likeness (QED) is 0.925. The van der Waals surface area contributed by atoms with Gasteiger partial charge in [0.15, 0.2) is 0 Å². The van der Waals surface area contributed by atoms with E-state index in [9.17, 15) is 9.18 Å². The van der Waals surface area contributed by atoms with Crippen molar-refractivity contribution in [3.8, 4) is 0 Å². The first-order valence-electron chi connectivity index (χ1n) is 7.42. The number of piperidine rings is 1. The molecule has 0 bridgehead atoms. The van der Waals surface area contributed by atoms with Crippen molar-refractivity contribution < 1.29 is 9.18 Å². The molecule has 1 saturated heterocycles. The Hall–Kier alpha value is -1.13. The first kappa shape index (κ1) is 16.2. The predicted molar refractivity (Wildman–Crippen MR) is 83.3 cm³/mol. The molecule has 1 aliphatic rings. The Morgan fingerprint density at radius 3 is 3.00 bits per heavy atom. The predicted octanol–water partition coefficient (Wildman–Crippen LogP) is 3.25. The van der Waals surface area contributed by atoms with Crippen molar-refractivity contribution in [2.75, 3.05) is 26.7 Å². The molecule has 1 aliphatic heterocycles. The first-order valence-corrected chi connectivity index (χ1v) is 7.80. The molecule has 5 heteroatoms. The minimum absolute atomic E-state index is 0.159. The monoisotopic (exact) mass is 312 g/mol. The third kappa shape index (κ3) is 3.95. The number of nitrogens with one attached hydrogen (secondary N) is 1. The molecule has 1 fully saturated rings. The molecule has 3 nitrogen and oxygen atoms in total. The molecule has 1 unspecified atom stereocenters. The van der Waals surface area contributed by atoms with Gasteiger partial charge in [-0.2, -0.15) is 0 Å². The summed E-state index contributed by atoms with van der Waals surface area (Å²) in [5.74, 6) is -0.0382. The lowest BCUT2D eigenvalue weighted by Crippen LogP contribution is -2.40. The summed E-state index contributed by atoms with van der Waals surface area (Å²) in [6.07, 6.45) is 3.18. The summed E-state index contributed by atoms with van der Waals surface area (Å²) >= 11 is 6.11. The fourth-order valence-corrected chi connectivity index (χ4v) is 3.11. The number of likely N-dealkylation sites (tertiary alicyclic amines) is 1. The van der Waals surface area contributed by atoms with Crippen LogP contribution in [0.3, 0.4) is 0 Å². The molecule has 1 amide bonds. The molecule has 1 heterocycles. The molecule has 21 heavy (non-hydrogen) atoms. The zero-order valence-corrected chi connectivity index (χ0v) is 13.3. The van der Waals surface area contributed by atoms with Gasteiger partial charge in [-0.3, -0.25) is 4.79 Å². The summed E-state index contributed by atoms with van der Waals surface area (Å²) in [5, 5.41) is 3.47. The molecule has 1 aromatic carbocycles. The van der Waals surface area contributed by atoms with Gasteiger partial charge in [-0.05, 0) is 63.4 Å². The van der Waals surface area contributed by atoms with Crippen LogP contribution in [0.15, 0.2) is 12.1 Å². The highest BCUT2D eigenvalue weighted by Gasteiger charge is 2.26. The molecule has 0 spiro atoms. The Balaban J connectivity index is 2.10. The number of carbonyl (C=O) groups is 1. The minimum atomic E-state index is -0.383. The van der Waals surface area contributed by atoms with Crippen LogP contribution in [0.2, 0.25) is 5.02 Å². The summed E-state index contributed by atoms with van der Waals surface area (Å²) in [6.45, 7) is 4.05. The molecule has 0 radical (unpaired) electrons. The highest BCUT2D eigenvalue weighted by atomic mass is 35.5. The summed E-state index contributed by atoms with van der Waals surface area (Å²) in [4.78, 5) is 14.4. The van der Waals surface area contributed by atoms with E-state index in [2.05, 4.69) is 5.32 Å². The summed E-state index contributed by atoms with van der Waals surface area (Å²) in [7, 11) is 1.93. The van der Waals surface area contributed by atoms with Gasteiger partial charge in [-0.25, -0.2) is 4.39 Å². The van der Waals surface area contributed by atoms with E-state index < -0.39 is 0 Å². The van der Waals surface area contributed by atoms with Crippen molar-refractivity contribution >= 4 is 17.5 Å². The molecule has 2 rings (SSSR count). The highest BCUT2D eigenvalue weighted by Crippen LogP contribution is 2.25. The number of carbonyl (C=O) groups excluding carboxylic acids is 1. The van der Waals surface area contributed by atoms with Gasteiger partial charge in [0.1, 0.15) is 5.82 Å². The number of rotatable bonds is 4. The van der Waals surface area contributed by atoms with Crippen LogP contribution in [0, 0.1) is 18.7 Å². The average molecular weight is 313 g/mol. The number of benzene rings is 1. The number of aryl methyl sites for hydroxylation is 1. The van der Waals surface area contributed by atoms with Crippen molar-refractivity contribution in [2.45, 2.75) is 26.2 Å². The van der Waals surface area contributed by atoms with Crippen LogP contribution in [0.1, 0.15) is 35.2 Å². The number of nitrogens with zero attached hydrogens (tertiary/aromatic N) is 1. The topological polar surface area (TPSA) is 32.3 Å². The van der Waals surface area contributed by atoms with Crippen LogP contribution in [-0.2, 0) is 0 Å². The molecule has 0 aromatic heterocycles. The third-order valence-electron chi connectivity index (χ3n) is 4.09. The van der Waals surface area contributed by atoms with Crippen molar-refractivity contribution in [2.24, 2.45) is 5.92 Å². The van der Waals surface area contributed by atoms with Gasteiger partial charge in [0.2, 0.25) is 0 Å². The molecule has 0 aliphatic carbocycles. The smallest absolute Gasteiger partial charge is 0.255 e. The largest absolute Gasteiger partial charge is 0.338 e. The van der Waals surface area contributed by atoms with Crippen LogP contribution in [0.4, 0.5) is 4.39 Å². The summed E-state index contributed by atoms with van der Waals surface area (Å²) < 4.78 is 13.7. The maximum absolute atomic E-state index is 13.7. The Morgan fingerprint density at radius 1 is 1.52 bits per heavy atom. The number of hydrogen-bond donors (Lipinski definition) is 1. The maximum Gasteiger partial charge on any atom is 0.255 e. The minimum Gasteiger partial charge on any atom is -0.338 e. The Morgan fingerprint density at radius 2 is 2.29 bits per heavy atom. The molecule has 1 atom stereocenters. The number of halogens is 2. The van der Waals surface area contributed by atoms with Crippen molar-refractivity contribution in [3.63, 3.8) is 0 Å². The molecular formula is C16H22ClFN2O. The Bertz CT molecular complexity index is 521. The van der Waals surface area contributed by atoms with Gasteiger partial charge in [-0.15, -0.1) is 0 Å². The van der Waals surface area contributed by atoms with E-state index in [1.807, 2.05) is 7.05 Å². The Labute approximate surface area is 130 Å². The van der Waals surface area contributed by atoms with Crippen LogP contribution in [-0.4, -0.2) is 37.5 Å².